The topological polar surface area (TPSA) is 127 Å². The van der Waals surface area contributed by atoms with E-state index >= 15 is 0 Å². The number of fused-ring (bicyclic) bond motifs is 2. The maximum atomic E-state index is 14.6. The van der Waals surface area contributed by atoms with Crippen molar-refractivity contribution >= 4 is 28.8 Å². The van der Waals surface area contributed by atoms with Gasteiger partial charge in [0.2, 0.25) is 11.8 Å². The highest BCUT2D eigenvalue weighted by atomic mass is 16.6. The van der Waals surface area contributed by atoms with E-state index in [4.69, 9.17) is 9.47 Å². The van der Waals surface area contributed by atoms with Crippen molar-refractivity contribution in [2.24, 2.45) is 11.8 Å². The minimum Gasteiger partial charge on any atom is -0.465 e. The molecule has 0 saturated carbocycles. The molecule has 3 aliphatic rings. The molecule has 1 aromatic carbocycles. The molecule has 1 N–H and O–H groups in total. The van der Waals surface area contributed by atoms with Gasteiger partial charge in [-0.25, -0.2) is 4.68 Å². The Kier molecular flexibility index (Phi) is 8.79. The van der Waals surface area contributed by atoms with E-state index in [1.54, 1.807) is 26.6 Å². The number of hydrogen-bond donors (Lipinski definition) is 1. The molecule has 2 amide bonds. The highest BCUT2D eigenvalue weighted by Crippen LogP contribution is 2.64. The third kappa shape index (κ3) is 4.92. The molecule has 42 heavy (non-hydrogen) atoms. The molecule has 3 saturated heterocycles. The van der Waals surface area contributed by atoms with Crippen molar-refractivity contribution in [2.75, 3.05) is 26.3 Å². The van der Waals surface area contributed by atoms with Gasteiger partial charge in [0.25, 0.3) is 0 Å². The molecule has 11 nitrogen and oxygen atoms in total. The number of unbranched alkanes of at least 4 members (excludes halogenated alkanes) is 2. The number of carbonyl (C=O) groups is 3. The number of benzene rings is 1. The Morgan fingerprint density at radius 1 is 1.21 bits per heavy atom. The van der Waals surface area contributed by atoms with Crippen LogP contribution in [-0.4, -0.2) is 91.2 Å². The van der Waals surface area contributed by atoms with Gasteiger partial charge in [0.15, 0.2) is 0 Å². The molecule has 3 aliphatic heterocycles. The maximum Gasteiger partial charge on any atom is 0.312 e. The van der Waals surface area contributed by atoms with Crippen molar-refractivity contribution in [1.82, 2.24) is 24.8 Å². The van der Waals surface area contributed by atoms with Gasteiger partial charge in [-0.2, -0.15) is 0 Å². The second-order valence-electron chi connectivity index (χ2n) is 11.5. The van der Waals surface area contributed by atoms with Crippen LogP contribution in [0.1, 0.15) is 51.9 Å². The lowest BCUT2D eigenvalue weighted by Gasteiger charge is -2.36. The first-order chi connectivity index (χ1) is 20.4. The molecule has 2 bridgehead atoms. The summed E-state index contributed by atoms with van der Waals surface area (Å²) in [5.74, 6) is -2.61. The van der Waals surface area contributed by atoms with E-state index in [0.717, 1.165) is 11.9 Å². The summed E-state index contributed by atoms with van der Waals surface area (Å²) in [4.78, 5) is 45.6. The summed E-state index contributed by atoms with van der Waals surface area (Å²) in [5, 5.41) is 17.9. The fourth-order valence-corrected chi connectivity index (χ4v) is 7.21. The van der Waals surface area contributed by atoms with E-state index in [1.807, 2.05) is 31.2 Å². The summed E-state index contributed by atoms with van der Waals surface area (Å²) in [6, 6.07) is 6.57. The zero-order valence-electron chi connectivity index (χ0n) is 24.3. The van der Waals surface area contributed by atoms with Gasteiger partial charge in [-0.1, -0.05) is 36.4 Å². The molecule has 4 heterocycles. The van der Waals surface area contributed by atoms with Crippen LogP contribution < -0.4 is 0 Å². The monoisotopic (exact) mass is 579 g/mol. The van der Waals surface area contributed by atoms with Gasteiger partial charge in [-0.15, -0.1) is 18.3 Å². The SMILES string of the molecule is C=CCCCOC(=O)[C@@H]1[C@H]2C(=O)N(CCCCO)C(C(=O)N(CC=C)Cn3nnc4ccccc43)C23CC[C@@]1(CC)O3. The van der Waals surface area contributed by atoms with Crippen LogP contribution in [0.15, 0.2) is 49.6 Å². The van der Waals surface area contributed by atoms with E-state index in [9.17, 15) is 19.5 Å². The van der Waals surface area contributed by atoms with Gasteiger partial charge < -0.3 is 24.4 Å². The molecule has 1 aromatic heterocycles. The van der Waals surface area contributed by atoms with Crippen molar-refractivity contribution in [3.63, 3.8) is 0 Å². The zero-order chi connectivity index (χ0) is 29.9. The number of aromatic nitrogens is 3. The fraction of sp³-hybridized carbons (Fsp3) is 0.581. The number of aliphatic hydroxyl groups excluding tert-OH is 1. The molecule has 2 unspecified atom stereocenters. The Labute approximate surface area is 246 Å². The number of esters is 1. The van der Waals surface area contributed by atoms with Gasteiger partial charge >= 0.3 is 5.97 Å². The van der Waals surface area contributed by atoms with Gasteiger partial charge in [-0.05, 0) is 57.1 Å². The van der Waals surface area contributed by atoms with Crippen molar-refractivity contribution < 1.29 is 29.0 Å². The van der Waals surface area contributed by atoms with Crippen LogP contribution in [0, 0.1) is 11.8 Å². The van der Waals surface area contributed by atoms with E-state index in [-0.39, 0.29) is 44.8 Å². The van der Waals surface area contributed by atoms with Crippen LogP contribution in [0.5, 0.6) is 0 Å². The maximum absolute atomic E-state index is 14.6. The number of ether oxygens (including phenoxy) is 2. The molecule has 0 radical (unpaired) electrons. The average Bonchev–Trinajstić information content (AvgIpc) is 3.72. The first-order valence-corrected chi connectivity index (χ1v) is 14.9. The van der Waals surface area contributed by atoms with Crippen LogP contribution in [0.3, 0.4) is 0 Å². The number of para-hydroxylation sites is 1. The molecular weight excluding hydrogens is 538 g/mol. The van der Waals surface area contributed by atoms with Crippen molar-refractivity contribution in [1.29, 1.82) is 0 Å². The van der Waals surface area contributed by atoms with E-state index in [1.165, 1.54) is 0 Å². The van der Waals surface area contributed by atoms with Crippen LogP contribution in [0.25, 0.3) is 11.0 Å². The third-order valence-corrected chi connectivity index (χ3v) is 9.16. The van der Waals surface area contributed by atoms with Crippen LogP contribution in [0.2, 0.25) is 0 Å². The summed E-state index contributed by atoms with van der Waals surface area (Å²) in [5.41, 5.74) is -0.532. The van der Waals surface area contributed by atoms with Crippen LogP contribution in [-0.2, 0) is 30.5 Å². The van der Waals surface area contributed by atoms with Crippen molar-refractivity contribution in [2.45, 2.75) is 75.8 Å². The van der Waals surface area contributed by atoms with Gasteiger partial charge in [0.1, 0.15) is 29.7 Å². The molecule has 11 heteroatoms. The molecule has 3 fully saturated rings. The summed E-state index contributed by atoms with van der Waals surface area (Å²) >= 11 is 0. The lowest BCUT2D eigenvalue weighted by Crippen LogP contribution is -2.56. The lowest BCUT2D eigenvalue weighted by atomic mass is 9.65. The predicted molar refractivity (Wildman–Crippen MR) is 155 cm³/mol. The number of aliphatic hydroxyl groups is 1. The number of amides is 2. The van der Waals surface area contributed by atoms with E-state index in [0.29, 0.717) is 44.0 Å². The second-order valence-corrected chi connectivity index (χ2v) is 11.5. The van der Waals surface area contributed by atoms with Crippen molar-refractivity contribution in [3.8, 4) is 0 Å². The first-order valence-electron chi connectivity index (χ1n) is 14.9. The minimum absolute atomic E-state index is 0.0215. The fourth-order valence-electron chi connectivity index (χ4n) is 7.21. The number of nitrogens with zero attached hydrogens (tertiary/aromatic N) is 5. The van der Waals surface area contributed by atoms with Gasteiger partial charge in [-0.3, -0.25) is 14.4 Å². The number of rotatable bonds is 15. The number of allylic oxidation sites excluding steroid dienone is 1. The molecule has 1 spiro atoms. The molecule has 2 aromatic rings. The summed E-state index contributed by atoms with van der Waals surface area (Å²) in [7, 11) is 0. The smallest absolute Gasteiger partial charge is 0.312 e. The molecule has 5 rings (SSSR count). The Balaban J connectivity index is 1.50. The molecule has 226 valence electrons. The quantitative estimate of drug-likeness (QED) is 0.194. The van der Waals surface area contributed by atoms with Gasteiger partial charge in [0.05, 0.1) is 23.6 Å². The van der Waals surface area contributed by atoms with Crippen molar-refractivity contribution in [3.05, 3.63) is 49.6 Å². The van der Waals surface area contributed by atoms with E-state index < -0.39 is 35.0 Å². The molecule has 5 atom stereocenters. The highest BCUT2D eigenvalue weighted by molar-refractivity contribution is 5.98. The van der Waals surface area contributed by atoms with Gasteiger partial charge in [0, 0.05) is 19.7 Å². The standard InChI is InChI=1S/C31H41N5O6/c1-4-7-12-20-41-29(40)25-24-27(38)35(18-10-11-19-37)26(31(24)16-15-30(25,6-3)42-31)28(39)34(17-5-2)21-36-23-14-9-8-13-22(23)32-33-36/h4-5,8-9,13-14,24-26,37H,1-2,6-7,10-12,15-21H2,3H3/t24-,25-,26?,30+,31?/m0/s1. The first kappa shape index (κ1) is 29.9. The Morgan fingerprint density at radius 2 is 2.02 bits per heavy atom. The summed E-state index contributed by atoms with van der Waals surface area (Å²) in [6.45, 7) is 10.3. The largest absolute Gasteiger partial charge is 0.465 e. The zero-order valence-corrected chi connectivity index (χ0v) is 24.3. The van der Waals surface area contributed by atoms with Crippen LogP contribution >= 0.6 is 0 Å². The van der Waals surface area contributed by atoms with Crippen LogP contribution in [0.4, 0.5) is 0 Å². The Bertz CT molecular complexity index is 1340. The Morgan fingerprint density at radius 3 is 2.76 bits per heavy atom. The molecular formula is C31H41N5O6. The van der Waals surface area contributed by atoms with E-state index in [2.05, 4.69) is 23.5 Å². The number of hydrogen-bond acceptors (Lipinski definition) is 8. The summed E-state index contributed by atoms with van der Waals surface area (Å²) in [6.07, 6.45) is 7.35. The second kappa shape index (κ2) is 12.3. The average molecular weight is 580 g/mol. The number of carbonyl (C=O) groups excluding carboxylic acids is 3. The molecule has 0 aliphatic carbocycles. The minimum atomic E-state index is -1.15. The predicted octanol–water partition coefficient (Wildman–Crippen LogP) is 2.84. The summed E-state index contributed by atoms with van der Waals surface area (Å²) < 4.78 is 14.2. The third-order valence-electron chi connectivity index (χ3n) is 9.16. The lowest BCUT2D eigenvalue weighted by molar-refractivity contribution is -0.162. The Hall–Kier alpha value is -3.57. The highest BCUT2D eigenvalue weighted by Gasteiger charge is 2.79. The number of likely N-dealkylation sites (tertiary alicyclic amines) is 1. The normalized spacial score (nSPS) is 27.8.